The van der Waals surface area contributed by atoms with Crippen molar-refractivity contribution in [2.75, 3.05) is 13.1 Å². The van der Waals surface area contributed by atoms with E-state index >= 15 is 0 Å². The third-order valence-electron chi connectivity index (χ3n) is 6.53. The number of nitrogens with zero attached hydrogens (tertiary/aromatic N) is 2. The number of hydrogen-bond acceptors (Lipinski definition) is 6. The quantitative estimate of drug-likeness (QED) is 0.340. The molecule has 0 radical (unpaired) electrons. The number of para-hydroxylation sites is 1. The number of benzene rings is 2. The fourth-order valence-electron chi connectivity index (χ4n) is 4.61. The van der Waals surface area contributed by atoms with Gasteiger partial charge >= 0.3 is 0 Å². The highest BCUT2D eigenvalue weighted by Crippen LogP contribution is 2.24. The van der Waals surface area contributed by atoms with E-state index in [0.29, 0.717) is 37.1 Å². The molecule has 3 aromatic rings. The van der Waals surface area contributed by atoms with Crippen LogP contribution in [-0.4, -0.2) is 52.1 Å². The average Bonchev–Trinajstić information content (AvgIpc) is 3.24. The summed E-state index contributed by atoms with van der Waals surface area (Å²) in [5, 5.41) is 13.0. The van der Waals surface area contributed by atoms with Crippen molar-refractivity contribution in [3.05, 3.63) is 71.4 Å². The third-order valence-corrected chi connectivity index (χ3v) is 6.53. The molecule has 0 bridgehead atoms. The SMILES string of the molecule is Cc1cc(COc2ccc(C(=O)N[C@@H]3CN(C(C)C)C[C@@H]3CC(=O)NO)cc2)c2ccccc2n1. The molecule has 8 heteroatoms. The minimum absolute atomic E-state index is 0.0743. The second kappa shape index (κ2) is 10.8. The molecule has 2 heterocycles. The van der Waals surface area contributed by atoms with Crippen molar-refractivity contribution in [2.24, 2.45) is 5.92 Å². The predicted molar refractivity (Wildman–Crippen MR) is 133 cm³/mol. The Balaban J connectivity index is 1.39. The van der Waals surface area contributed by atoms with Crippen LogP contribution in [0.4, 0.5) is 0 Å². The molecule has 2 amide bonds. The maximum atomic E-state index is 12.9. The van der Waals surface area contributed by atoms with Gasteiger partial charge in [-0.2, -0.15) is 0 Å². The van der Waals surface area contributed by atoms with Crippen molar-refractivity contribution in [2.45, 2.75) is 45.9 Å². The van der Waals surface area contributed by atoms with Crippen LogP contribution in [0.1, 0.15) is 41.9 Å². The first-order valence-electron chi connectivity index (χ1n) is 11.9. The number of hydroxylamine groups is 1. The van der Waals surface area contributed by atoms with Crippen LogP contribution in [0.2, 0.25) is 0 Å². The van der Waals surface area contributed by atoms with Crippen LogP contribution in [-0.2, 0) is 11.4 Å². The summed E-state index contributed by atoms with van der Waals surface area (Å²) < 4.78 is 6.00. The highest BCUT2D eigenvalue weighted by Gasteiger charge is 2.36. The monoisotopic (exact) mass is 476 g/mol. The molecule has 1 aromatic heterocycles. The van der Waals surface area contributed by atoms with Crippen LogP contribution >= 0.6 is 0 Å². The van der Waals surface area contributed by atoms with Crippen molar-refractivity contribution in [3.8, 4) is 5.75 Å². The highest BCUT2D eigenvalue weighted by atomic mass is 16.5. The lowest BCUT2D eigenvalue weighted by atomic mass is 9.99. The second-order valence-corrected chi connectivity index (χ2v) is 9.38. The lowest BCUT2D eigenvalue weighted by molar-refractivity contribution is -0.130. The van der Waals surface area contributed by atoms with Crippen molar-refractivity contribution in [1.29, 1.82) is 0 Å². The van der Waals surface area contributed by atoms with Crippen molar-refractivity contribution < 1.29 is 19.5 Å². The predicted octanol–water partition coefficient (Wildman–Crippen LogP) is 3.46. The molecule has 35 heavy (non-hydrogen) atoms. The second-order valence-electron chi connectivity index (χ2n) is 9.38. The Kier molecular flexibility index (Phi) is 7.63. The molecular weight excluding hydrogens is 444 g/mol. The zero-order valence-corrected chi connectivity index (χ0v) is 20.3. The summed E-state index contributed by atoms with van der Waals surface area (Å²) in [7, 11) is 0. The summed E-state index contributed by atoms with van der Waals surface area (Å²) in [6.45, 7) is 7.88. The summed E-state index contributed by atoms with van der Waals surface area (Å²) >= 11 is 0. The molecule has 2 atom stereocenters. The molecule has 1 aliphatic rings. The van der Waals surface area contributed by atoms with E-state index in [2.05, 4.69) is 29.0 Å². The number of aromatic nitrogens is 1. The zero-order chi connectivity index (χ0) is 24.9. The third kappa shape index (κ3) is 5.96. The van der Waals surface area contributed by atoms with Gasteiger partial charge in [0.25, 0.3) is 5.91 Å². The maximum Gasteiger partial charge on any atom is 0.251 e. The van der Waals surface area contributed by atoms with Gasteiger partial charge in [-0.1, -0.05) is 18.2 Å². The largest absolute Gasteiger partial charge is 0.489 e. The Bertz CT molecular complexity index is 1200. The Labute approximate surface area is 205 Å². The van der Waals surface area contributed by atoms with Gasteiger partial charge in [0, 0.05) is 59.7 Å². The highest BCUT2D eigenvalue weighted by molar-refractivity contribution is 5.94. The Morgan fingerprint density at radius 2 is 1.89 bits per heavy atom. The minimum atomic E-state index is -0.446. The summed E-state index contributed by atoms with van der Waals surface area (Å²) in [5.74, 6) is -0.0463. The van der Waals surface area contributed by atoms with Gasteiger partial charge < -0.3 is 10.1 Å². The first-order chi connectivity index (χ1) is 16.8. The molecule has 3 N–H and O–H groups in total. The number of rotatable bonds is 8. The molecular formula is C27H32N4O4. The first-order valence-corrected chi connectivity index (χ1v) is 11.9. The van der Waals surface area contributed by atoms with Gasteiger partial charge in [-0.15, -0.1) is 0 Å². The van der Waals surface area contributed by atoms with Crippen LogP contribution < -0.4 is 15.5 Å². The van der Waals surface area contributed by atoms with Crippen molar-refractivity contribution in [1.82, 2.24) is 20.7 Å². The number of hydrogen-bond donors (Lipinski definition) is 3. The number of fused-ring (bicyclic) bond motifs is 1. The van der Waals surface area contributed by atoms with E-state index in [1.54, 1.807) is 29.7 Å². The number of carbonyl (C=O) groups excluding carboxylic acids is 2. The fourth-order valence-corrected chi connectivity index (χ4v) is 4.61. The van der Waals surface area contributed by atoms with E-state index in [-0.39, 0.29) is 24.3 Å². The number of amides is 2. The summed E-state index contributed by atoms with van der Waals surface area (Å²) in [4.78, 5) is 31.4. The Morgan fingerprint density at radius 1 is 1.14 bits per heavy atom. The van der Waals surface area contributed by atoms with Gasteiger partial charge in [-0.3, -0.25) is 24.7 Å². The smallest absolute Gasteiger partial charge is 0.251 e. The lowest BCUT2D eigenvalue weighted by Crippen LogP contribution is -2.42. The normalized spacial score (nSPS) is 18.1. The van der Waals surface area contributed by atoms with Crippen molar-refractivity contribution >= 4 is 22.7 Å². The summed E-state index contributed by atoms with van der Waals surface area (Å²) in [6.07, 6.45) is 0.153. The molecule has 1 aliphatic heterocycles. The zero-order valence-electron chi connectivity index (χ0n) is 20.3. The average molecular weight is 477 g/mol. The minimum Gasteiger partial charge on any atom is -0.489 e. The van der Waals surface area contributed by atoms with E-state index in [0.717, 1.165) is 22.2 Å². The van der Waals surface area contributed by atoms with E-state index in [9.17, 15) is 9.59 Å². The van der Waals surface area contributed by atoms with E-state index in [1.165, 1.54) is 0 Å². The molecule has 1 fully saturated rings. The number of carbonyl (C=O) groups is 2. The maximum absolute atomic E-state index is 12.9. The number of pyridine rings is 1. The van der Waals surface area contributed by atoms with Crippen LogP contribution in [0.3, 0.4) is 0 Å². The van der Waals surface area contributed by atoms with Crippen LogP contribution in [0, 0.1) is 12.8 Å². The summed E-state index contributed by atoms with van der Waals surface area (Å²) in [6, 6.07) is 17.2. The molecule has 8 nitrogen and oxygen atoms in total. The van der Waals surface area contributed by atoms with Gasteiger partial charge in [-0.05, 0) is 57.2 Å². The topological polar surface area (TPSA) is 104 Å². The molecule has 0 aliphatic carbocycles. The lowest BCUT2D eigenvalue weighted by Gasteiger charge is -2.20. The van der Waals surface area contributed by atoms with E-state index < -0.39 is 5.91 Å². The van der Waals surface area contributed by atoms with Gasteiger partial charge in [-0.25, -0.2) is 5.48 Å². The van der Waals surface area contributed by atoms with Gasteiger partial charge in [0.1, 0.15) is 12.4 Å². The Hall–Kier alpha value is -3.49. The van der Waals surface area contributed by atoms with Crippen LogP contribution in [0.15, 0.2) is 54.6 Å². The molecule has 1 saturated heterocycles. The van der Waals surface area contributed by atoms with E-state index in [1.807, 2.05) is 37.3 Å². The number of nitrogens with one attached hydrogen (secondary N) is 2. The number of aryl methyl sites for hydroxylation is 1. The standard InChI is InChI=1S/C27H32N4O4/c1-17(2)31-14-20(13-26(32)30-34)25(15-31)29-27(33)19-8-10-22(11-9-19)35-16-21-12-18(3)28-24-7-5-4-6-23(21)24/h4-12,17,20,25,34H,13-16H2,1-3H3,(H,29,33)(H,30,32)/t20-,25+/m0/s1. The number of ether oxygens (including phenoxy) is 1. The molecule has 4 rings (SSSR count). The van der Waals surface area contributed by atoms with Crippen LogP contribution in [0.25, 0.3) is 10.9 Å². The van der Waals surface area contributed by atoms with Gasteiger partial charge in [0.05, 0.1) is 5.52 Å². The van der Waals surface area contributed by atoms with Gasteiger partial charge in [0.15, 0.2) is 0 Å². The summed E-state index contributed by atoms with van der Waals surface area (Å²) in [5.41, 5.74) is 5.16. The fraction of sp³-hybridized carbons (Fsp3) is 0.370. The molecule has 0 spiro atoms. The molecule has 0 saturated carbocycles. The molecule has 0 unspecified atom stereocenters. The van der Waals surface area contributed by atoms with Crippen LogP contribution in [0.5, 0.6) is 5.75 Å². The number of likely N-dealkylation sites (tertiary alicyclic amines) is 1. The first kappa shape index (κ1) is 24.6. The van der Waals surface area contributed by atoms with E-state index in [4.69, 9.17) is 9.94 Å². The van der Waals surface area contributed by atoms with Gasteiger partial charge in [0.2, 0.25) is 5.91 Å². The molecule has 184 valence electrons. The molecule has 2 aromatic carbocycles. The van der Waals surface area contributed by atoms with Crippen molar-refractivity contribution in [3.63, 3.8) is 0 Å². The Morgan fingerprint density at radius 3 is 2.60 bits per heavy atom.